The molecule has 2 rings (SSSR count). The second-order valence-corrected chi connectivity index (χ2v) is 5.41. The Morgan fingerprint density at radius 3 is 1.71 bits per heavy atom. The molecule has 0 N–H and O–H groups in total. The van der Waals surface area contributed by atoms with Crippen molar-refractivity contribution in [1.29, 1.82) is 0 Å². The Balaban J connectivity index is 1.97. The van der Waals surface area contributed by atoms with Gasteiger partial charge in [-0.2, -0.15) is 0 Å². The molecule has 1 aliphatic rings. The van der Waals surface area contributed by atoms with Crippen molar-refractivity contribution >= 4 is 11.9 Å². The third-order valence-corrected chi connectivity index (χ3v) is 3.55. The van der Waals surface area contributed by atoms with Crippen molar-refractivity contribution < 1.29 is 19.1 Å². The Kier molecular flexibility index (Phi) is 6.25. The first kappa shape index (κ1) is 15.5. The summed E-state index contributed by atoms with van der Waals surface area (Å²) in [6, 6.07) is 7.60. The molecule has 0 unspecified atom stereocenters. The molecule has 0 aromatic heterocycles. The van der Waals surface area contributed by atoms with E-state index in [2.05, 4.69) is 0 Å². The predicted octanol–water partition coefficient (Wildman–Crippen LogP) is 3.52. The van der Waals surface area contributed by atoms with E-state index in [9.17, 15) is 9.59 Å². The van der Waals surface area contributed by atoms with Crippen LogP contribution in [0.15, 0.2) is 24.3 Å². The van der Waals surface area contributed by atoms with Gasteiger partial charge in [0.2, 0.25) is 0 Å². The van der Waals surface area contributed by atoms with Crippen LogP contribution in [0.1, 0.15) is 56.1 Å². The van der Waals surface area contributed by atoms with E-state index >= 15 is 0 Å². The van der Waals surface area contributed by atoms with Crippen molar-refractivity contribution in [2.45, 2.75) is 58.2 Å². The zero-order valence-corrected chi connectivity index (χ0v) is 12.3. The normalized spacial score (nSPS) is 18.7. The van der Waals surface area contributed by atoms with E-state index in [4.69, 9.17) is 9.47 Å². The molecule has 21 heavy (non-hydrogen) atoms. The minimum Gasteiger partial charge on any atom is -0.461 e. The maximum Gasteiger partial charge on any atom is 0.306 e. The summed E-state index contributed by atoms with van der Waals surface area (Å²) in [6.45, 7) is 0.557. The lowest BCUT2D eigenvalue weighted by Crippen LogP contribution is -2.07. The van der Waals surface area contributed by atoms with Crippen LogP contribution in [0.2, 0.25) is 0 Å². The van der Waals surface area contributed by atoms with Crippen molar-refractivity contribution in [3.63, 3.8) is 0 Å². The summed E-state index contributed by atoms with van der Waals surface area (Å²) < 4.78 is 10.5. The Morgan fingerprint density at radius 1 is 0.714 bits per heavy atom. The maximum absolute atomic E-state index is 11.6. The number of hydrogen-bond donors (Lipinski definition) is 0. The van der Waals surface area contributed by atoms with E-state index < -0.39 is 0 Å². The average Bonchev–Trinajstić information content (AvgIpc) is 2.49. The van der Waals surface area contributed by atoms with Crippen LogP contribution in [0.3, 0.4) is 0 Å². The van der Waals surface area contributed by atoms with Crippen LogP contribution in [0.25, 0.3) is 0 Å². The number of cyclic esters (lactones) is 2. The molecule has 0 aliphatic carbocycles. The fourth-order valence-corrected chi connectivity index (χ4v) is 2.35. The SMILES string of the molecule is O=C1CCCCCCCC(=O)OCc2cccc(c2)CO1. The molecular formula is C17H22O4. The Labute approximate surface area is 125 Å². The highest BCUT2D eigenvalue weighted by atomic mass is 16.5. The standard InChI is InChI=1S/C17H22O4/c18-16-9-4-2-1-3-5-10-17(19)21-13-15-8-6-7-14(11-15)12-20-16/h6-8,11H,1-5,9-10,12-13H2. The van der Waals surface area contributed by atoms with Gasteiger partial charge in [0.25, 0.3) is 0 Å². The highest BCUT2D eigenvalue weighted by Gasteiger charge is 2.07. The number of carbonyl (C=O) groups is 2. The Bertz CT molecular complexity index is 442. The molecular weight excluding hydrogens is 268 g/mol. The maximum atomic E-state index is 11.6. The molecule has 0 saturated carbocycles. The summed E-state index contributed by atoms with van der Waals surface area (Å²) in [4.78, 5) is 23.2. The molecule has 1 aliphatic heterocycles. The topological polar surface area (TPSA) is 52.6 Å². The fraction of sp³-hybridized carbons (Fsp3) is 0.529. The summed E-state index contributed by atoms with van der Waals surface area (Å²) in [5, 5.41) is 0. The lowest BCUT2D eigenvalue weighted by Gasteiger charge is -2.09. The third kappa shape index (κ3) is 5.98. The van der Waals surface area contributed by atoms with Gasteiger partial charge in [-0.15, -0.1) is 0 Å². The molecule has 1 aromatic rings. The summed E-state index contributed by atoms with van der Waals surface area (Å²) in [6.07, 6.45) is 5.69. The van der Waals surface area contributed by atoms with Gasteiger partial charge in [0.15, 0.2) is 0 Å². The molecule has 0 fully saturated rings. The molecule has 2 bridgehead atoms. The summed E-state index contributed by atoms with van der Waals surface area (Å²) in [5.41, 5.74) is 1.84. The average molecular weight is 290 g/mol. The van der Waals surface area contributed by atoms with Crippen LogP contribution in [0.5, 0.6) is 0 Å². The van der Waals surface area contributed by atoms with Gasteiger partial charge in [-0.05, 0) is 30.0 Å². The number of carbonyl (C=O) groups excluding carboxylic acids is 2. The van der Waals surface area contributed by atoms with E-state index in [0.29, 0.717) is 12.8 Å². The number of benzene rings is 1. The van der Waals surface area contributed by atoms with Crippen LogP contribution in [-0.4, -0.2) is 11.9 Å². The minimum absolute atomic E-state index is 0.140. The quantitative estimate of drug-likeness (QED) is 0.686. The number of ether oxygens (including phenoxy) is 2. The molecule has 4 heteroatoms. The van der Waals surface area contributed by atoms with Gasteiger partial charge >= 0.3 is 11.9 Å². The second kappa shape index (κ2) is 8.45. The molecule has 4 nitrogen and oxygen atoms in total. The molecule has 114 valence electrons. The third-order valence-electron chi connectivity index (χ3n) is 3.55. The van der Waals surface area contributed by atoms with Crippen LogP contribution in [-0.2, 0) is 32.3 Å². The second-order valence-electron chi connectivity index (χ2n) is 5.41. The Hall–Kier alpha value is -1.84. The zero-order valence-electron chi connectivity index (χ0n) is 12.3. The van der Waals surface area contributed by atoms with Gasteiger partial charge in [-0.3, -0.25) is 9.59 Å². The Morgan fingerprint density at radius 2 is 1.19 bits per heavy atom. The summed E-state index contributed by atoms with van der Waals surface area (Å²) in [7, 11) is 0. The smallest absolute Gasteiger partial charge is 0.306 e. The largest absolute Gasteiger partial charge is 0.461 e. The minimum atomic E-state index is -0.140. The number of hydrogen-bond acceptors (Lipinski definition) is 4. The van der Waals surface area contributed by atoms with Crippen LogP contribution in [0.4, 0.5) is 0 Å². The number of esters is 2. The van der Waals surface area contributed by atoms with Gasteiger partial charge in [0.05, 0.1) is 0 Å². The van der Waals surface area contributed by atoms with E-state index in [1.807, 2.05) is 24.3 Å². The first-order valence-corrected chi connectivity index (χ1v) is 7.63. The number of fused-ring (bicyclic) bond motifs is 2. The van der Waals surface area contributed by atoms with Crippen molar-refractivity contribution in [1.82, 2.24) is 0 Å². The van der Waals surface area contributed by atoms with Crippen molar-refractivity contribution in [2.75, 3.05) is 0 Å². The zero-order chi connectivity index (χ0) is 14.9. The van der Waals surface area contributed by atoms with Crippen LogP contribution in [0, 0.1) is 0 Å². The lowest BCUT2D eigenvalue weighted by atomic mass is 10.1. The van der Waals surface area contributed by atoms with Gasteiger partial charge in [-0.1, -0.05) is 37.5 Å². The highest BCUT2D eigenvalue weighted by Crippen LogP contribution is 2.12. The van der Waals surface area contributed by atoms with E-state index in [1.165, 1.54) is 0 Å². The fourth-order valence-electron chi connectivity index (χ4n) is 2.35. The van der Waals surface area contributed by atoms with Gasteiger partial charge in [0.1, 0.15) is 13.2 Å². The predicted molar refractivity (Wildman–Crippen MR) is 78.4 cm³/mol. The highest BCUT2D eigenvalue weighted by molar-refractivity contribution is 5.69. The van der Waals surface area contributed by atoms with E-state index in [0.717, 1.165) is 43.2 Å². The van der Waals surface area contributed by atoms with Crippen LogP contribution < -0.4 is 0 Å². The monoisotopic (exact) mass is 290 g/mol. The molecule has 1 aromatic carbocycles. The first-order chi connectivity index (χ1) is 10.2. The van der Waals surface area contributed by atoms with Crippen molar-refractivity contribution in [3.05, 3.63) is 35.4 Å². The lowest BCUT2D eigenvalue weighted by molar-refractivity contribution is -0.145. The number of rotatable bonds is 0. The van der Waals surface area contributed by atoms with Crippen molar-refractivity contribution in [2.24, 2.45) is 0 Å². The summed E-state index contributed by atoms with van der Waals surface area (Å²) >= 11 is 0. The summed E-state index contributed by atoms with van der Waals surface area (Å²) in [5.74, 6) is -0.280. The van der Waals surface area contributed by atoms with Crippen LogP contribution >= 0.6 is 0 Å². The van der Waals surface area contributed by atoms with Crippen molar-refractivity contribution in [3.8, 4) is 0 Å². The first-order valence-electron chi connectivity index (χ1n) is 7.63. The molecule has 1 heterocycles. The van der Waals surface area contributed by atoms with Gasteiger partial charge < -0.3 is 9.47 Å². The molecule has 0 radical (unpaired) electrons. The van der Waals surface area contributed by atoms with E-state index in [1.54, 1.807) is 0 Å². The van der Waals surface area contributed by atoms with Gasteiger partial charge in [-0.25, -0.2) is 0 Å². The van der Waals surface area contributed by atoms with E-state index in [-0.39, 0.29) is 25.2 Å². The molecule has 0 amide bonds. The molecule has 0 spiro atoms. The molecule has 0 saturated heterocycles. The molecule has 0 atom stereocenters. The van der Waals surface area contributed by atoms with Gasteiger partial charge in [0, 0.05) is 12.8 Å².